The second-order valence-corrected chi connectivity index (χ2v) is 4.93. The standard InChI is InChI=1S/C11H15N3O2S/c1-14-8-3-5-12-9(8)10(15)13-7(11(14)16)4-6-17-2/h3,5,7,12H,4,6H2,1-2H3,(H,13,15)/t7-/m0/s1. The van der Waals surface area contributed by atoms with Crippen molar-refractivity contribution < 1.29 is 9.59 Å². The number of thioether (sulfide) groups is 1. The highest BCUT2D eigenvalue weighted by atomic mass is 32.2. The first-order valence-electron chi connectivity index (χ1n) is 5.40. The van der Waals surface area contributed by atoms with Gasteiger partial charge in [0.1, 0.15) is 11.7 Å². The van der Waals surface area contributed by atoms with Crippen molar-refractivity contribution in [2.75, 3.05) is 24.0 Å². The second-order valence-electron chi connectivity index (χ2n) is 3.94. The van der Waals surface area contributed by atoms with Crippen LogP contribution in [-0.2, 0) is 4.79 Å². The van der Waals surface area contributed by atoms with Crippen molar-refractivity contribution in [3.8, 4) is 0 Å². The minimum absolute atomic E-state index is 0.0641. The maximum atomic E-state index is 12.1. The number of nitrogens with zero attached hydrogens (tertiary/aromatic N) is 1. The Kier molecular flexibility index (Phi) is 3.42. The number of nitrogens with one attached hydrogen (secondary N) is 2. The largest absolute Gasteiger partial charge is 0.355 e. The normalized spacial score (nSPS) is 19.9. The molecule has 0 unspecified atom stereocenters. The first-order valence-corrected chi connectivity index (χ1v) is 6.79. The van der Waals surface area contributed by atoms with E-state index in [1.165, 1.54) is 4.90 Å². The summed E-state index contributed by atoms with van der Waals surface area (Å²) >= 11 is 1.66. The number of likely N-dealkylation sites (N-methyl/N-ethyl adjacent to an activating group) is 1. The Labute approximate surface area is 104 Å². The van der Waals surface area contributed by atoms with Crippen LogP contribution >= 0.6 is 11.8 Å². The summed E-state index contributed by atoms with van der Waals surface area (Å²) in [5.74, 6) is 0.568. The van der Waals surface area contributed by atoms with Crippen LogP contribution in [0.4, 0.5) is 5.69 Å². The number of hydrogen-bond acceptors (Lipinski definition) is 3. The highest BCUT2D eigenvalue weighted by molar-refractivity contribution is 7.98. The lowest BCUT2D eigenvalue weighted by molar-refractivity contribution is -0.120. The summed E-state index contributed by atoms with van der Waals surface area (Å²) in [7, 11) is 1.70. The van der Waals surface area contributed by atoms with Crippen LogP contribution in [-0.4, -0.2) is 41.9 Å². The molecule has 0 aromatic carbocycles. The van der Waals surface area contributed by atoms with Crippen molar-refractivity contribution in [2.24, 2.45) is 0 Å². The molecule has 0 bridgehead atoms. The number of anilines is 1. The molecule has 1 atom stereocenters. The number of amides is 2. The molecule has 1 aromatic rings. The van der Waals surface area contributed by atoms with Crippen molar-refractivity contribution in [1.82, 2.24) is 10.3 Å². The van der Waals surface area contributed by atoms with Gasteiger partial charge in [0, 0.05) is 13.2 Å². The fourth-order valence-corrected chi connectivity index (χ4v) is 2.37. The third-order valence-corrected chi connectivity index (χ3v) is 3.50. The van der Waals surface area contributed by atoms with Crippen LogP contribution in [0.1, 0.15) is 16.9 Å². The molecule has 92 valence electrons. The molecule has 2 amide bonds. The Bertz CT molecular complexity index is 444. The zero-order valence-corrected chi connectivity index (χ0v) is 10.6. The number of rotatable bonds is 3. The van der Waals surface area contributed by atoms with Crippen LogP contribution in [0.2, 0.25) is 0 Å². The Balaban J connectivity index is 2.26. The fraction of sp³-hybridized carbons (Fsp3) is 0.455. The summed E-state index contributed by atoms with van der Waals surface area (Å²) < 4.78 is 0. The Morgan fingerprint density at radius 2 is 2.24 bits per heavy atom. The average Bonchev–Trinajstić information content (AvgIpc) is 2.78. The van der Waals surface area contributed by atoms with Gasteiger partial charge in [0.05, 0.1) is 5.69 Å². The first-order chi connectivity index (χ1) is 8.15. The minimum atomic E-state index is -0.430. The summed E-state index contributed by atoms with van der Waals surface area (Å²) in [6, 6.07) is 1.31. The van der Waals surface area contributed by atoms with Crippen LogP contribution in [0.3, 0.4) is 0 Å². The Hall–Kier alpha value is -1.43. The van der Waals surface area contributed by atoms with Gasteiger partial charge in [-0.25, -0.2) is 0 Å². The molecule has 6 heteroatoms. The molecular weight excluding hydrogens is 238 g/mol. The van der Waals surface area contributed by atoms with E-state index in [1.54, 1.807) is 31.1 Å². The van der Waals surface area contributed by atoms with Gasteiger partial charge in [-0.3, -0.25) is 9.59 Å². The lowest BCUT2D eigenvalue weighted by atomic mass is 10.2. The van der Waals surface area contributed by atoms with E-state index >= 15 is 0 Å². The lowest BCUT2D eigenvalue weighted by Gasteiger charge is -2.19. The van der Waals surface area contributed by atoms with Gasteiger partial charge in [0.15, 0.2) is 0 Å². The van der Waals surface area contributed by atoms with Crippen molar-refractivity contribution in [3.63, 3.8) is 0 Å². The van der Waals surface area contributed by atoms with E-state index in [9.17, 15) is 9.59 Å². The molecule has 2 heterocycles. The molecule has 1 aliphatic heterocycles. The maximum absolute atomic E-state index is 12.1. The number of carbonyl (C=O) groups excluding carboxylic acids is 2. The Morgan fingerprint density at radius 3 is 2.94 bits per heavy atom. The predicted octanol–water partition coefficient (Wildman–Crippen LogP) is 0.843. The van der Waals surface area contributed by atoms with E-state index in [0.717, 1.165) is 5.75 Å². The van der Waals surface area contributed by atoms with Crippen LogP contribution in [0.25, 0.3) is 0 Å². The van der Waals surface area contributed by atoms with Crippen LogP contribution in [0.15, 0.2) is 12.3 Å². The van der Waals surface area contributed by atoms with Crippen LogP contribution < -0.4 is 10.2 Å². The molecule has 0 saturated carbocycles. The van der Waals surface area contributed by atoms with E-state index in [0.29, 0.717) is 17.8 Å². The average molecular weight is 253 g/mol. The van der Waals surface area contributed by atoms with Crippen LogP contribution in [0.5, 0.6) is 0 Å². The molecule has 0 spiro atoms. The molecule has 0 radical (unpaired) electrons. The van der Waals surface area contributed by atoms with E-state index in [4.69, 9.17) is 0 Å². The van der Waals surface area contributed by atoms with Gasteiger partial charge >= 0.3 is 0 Å². The van der Waals surface area contributed by atoms with Gasteiger partial charge in [-0.05, 0) is 24.5 Å². The van der Waals surface area contributed by atoms with E-state index in [2.05, 4.69) is 10.3 Å². The molecule has 17 heavy (non-hydrogen) atoms. The molecule has 5 nitrogen and oxygen atoms in total. The lowest BCUT2D eigenvalue weighted by Crippen LogP contribution is -2.44. The molecule has 2 N–H and O–H groups in total. The van der Waals surface area contributed by atoms with Crippen molar-refractivity contribution in [2.45, 2.75) is 12.5 Å². The van der Waals surface area contributed by atoms with Crippen molar-refractivity contribution >= 4 is 29.3 Å². The Morgan fingerprint density at radius 1 is 1.47 bits per heavy atom. The second kappa shape index (κ2) is 4.83. The van der Waals surface area contributed by atoms with E-state index in [-0.39, 0.29) is 11.8 Å². The molecule has 2 rings (SSSR count). The summed E-state index contributed by atoms with van der Waals surface area (Å²) in [5, 5.41) is 2.76. The fourth-order valence-electron chi connectivity index (χ4n) is 1.90. The number of hydrogen-bond donors (Lipinski definition) is 2. The highest BCUT2D eigenvalue weighted by Gasteiger charge is 2.31. The molecule has 0 fully saturated rings. The highest BCUT2D eigenvalue weighted by Crippen LogP contribution is 2.22. The molecule has 0 aliphatic carbocycles. The van der Waals surface area contributed by atoms with Crippen molar-refractivity contribution in [3.05, 3.63) is 18.0 Å². The first kappa shape index (κ1) is 12.0. The molecular formula is C11H15N3O2S. The SMILES string of the molecule is CSCC[C@@H]1NC(=O)c2[nH]ccc2N(C)C1=O. The summed E-state index contributed by atoms with van der Waals surface area (Å²) in [6.45, 7) is 0. The smallest absolute Gasteiger partial charge is 0.270 e. The van der Waals surface area contributed by atoms with Gasteiger partial charge in [0.2, 0.25) is 5.91 Å². The zero-order chi connectivity index (χ0) is 12.4. The van der Waals surface area contributed by atoms with Gasteiger partial charge < -0.3 is 15.2 Å². The summed E-state index contributed by atoms with van der Waals surface area (Å²) in [5.41, 5.74) is 1.09. The third-order valence-electron chi connectivity index (χ3n) is 2.86. The zero-order valence-electron chi connectivity index (χ0n) is 9.82. The molecule has 1 aliphatic rings. The number of fused-ring (bicyclic) bond motifs is 1. The quantitative estimate of drug-likeness (QED) is 0.839. The van der Waals surface area contributed by atoms with Gasteiger partial charge in [-0.1, -0.05) is 0 Å². The topological polar surface area (TPSA) is 65.2 Å². The summed E-state index contributed by atoms with van der Waals surface area (Å²) in [6.07, 6.45) is 4.30. The van der Waals surface area contributed by atoms with E-state index < -0.39 is 6.04 Å². The molecule has 0 saturated heterocycles. The summed E-state index contributed by atoms with van der Waals surface area (Å²) in [4.78, 5) is 28.4. The van der Waals surface area contributed by atoms with Crippen molar-refractivity contribution in [1.29, 1.82) is 0 Å². The van der Waals surface area contributed by atoms with E-state index in [1.807, 2.05) is 6.26 Å². The number of H-pyrrole nitrogens is 1. The molecule has 1 aromatic heterocycles. The number of aromatic amines is 1. The third kappa shape index (κ3) is 2.17. The number of aromatic nitrogens is 1. The predicted molar refractivity (Wildman–Crippen MR) is 68.5 cm³/mol. The number of carbonyl (C=O) groups is 2. The van der Waals surface area contributed by atoms with Gasteiger partial charge in [-0.15, -0.1) is 0 Å². The van der Waals surface area contributed by atoms with Gasteiger partial charge in [-0.2, -0.15) is 11.8 Å². The van der Waals surface area contributed by atoms with Gasteiger partial charge in [0.25, 0.3) is 5.91 Å². The maximum Gasteiger partial charge on any atom is 0.270 e. The monoisotopic (exact) mass is 253 g/mol. The van der Waals surface area contributed by atoms with Crippen LogP contribution in [0, 0.1) is 0 Å². The minimum Gasteiger partial charge on any atom is -0.355 e.